The van der Waals surface area contributed by atoms with Crippen LogP contribution in [-0.2, 0) is 6.54 Å². The Kier molecular flexibility index (Phi) is 4.11. The third-order valence-electron chi connectivity index (χ3n) is 3.81. The van der Waals surface area contributed by atoms with Gasteiger partial charge in [0.25, 0.3) is 0 Å². The highest BCUT2D eigenvalue weighted by Crippen LogP contribution is 2.25. The number of aromatic nitrogens is 2. The van der Waals surface area contributed by atoms with Crippen molar-refractivity contribution in [2.24, 2.45) is 5.84 Å². The lowest BCUT2D eigenvalue weighted by molar-refractivity contribution is 0.0821. The molecule has 0 amide bonds. The molecule has 1 atom stereocenters. The summed E-state index contributed by atoms with van der Waals surface area (Å²) in [7, 11) is 0. The van der Waals surface area contributed by atoms with Crippen molar-refractivity contribution in [2.45, 2.75) is 31.8 Å². The number of piperidine rings is 1. The summed E-state index contributed by atoms with van der Waals surface area (Å²) < 4.78 is 0. The van der Waals surface area contributed by atoms with E-state index in [1.165, 1.54) is 12.8 Å². The second kappa shape index (κ2) is 6.01. The number of nitrogens with zero attached hydrogens (tertiary/aromatic N) is 3. The summed E-state index contributed by atoms with van der Waals surface area (Å²) in [6, 6.07) is 2.19. The van der Waals surface area contributed by atoms with Crippen molar-refractivity contribution in [1.29, 1.82) is 0 Å². The van der Waals surface area contributed by atoms with Crippen LogP contribution in [0.4, 0.5) is 5.82 Å². The summed E-state index contributed by atoms with van der Waals surface area (Å²) in [5.74, 6) is 6.97. The smallest absolute Gasteiger partial charge is 0.152 e. The topological polar surface area (TPSA) is 87.3 Å². The van der Waals surface area contributed by atoms with Gasteiger partial charge in [-0.3, -0.25) is 4.90 Å². The van der Waals surface area contributed by atoms with Gasteiger partial charge in [-0.1, -0.05) is 6.42 Å². The lowest BCUT2D eigenvalue weighted by Gasteiger charge is -2.33. The number of rotatable bonds is 4. The SMILES string of the molecule is NNc1nc(CN2CCCCC2CO)nc2sccc12. The zero-order chi connectivity index (χ0) is 13.9. The minimum absolute atomic E-state index is 0.198. The molecule has 0 radical (unpaired) electrons. The summed E-state index contributed by atoms with van der Waals surface area (Å²) in [6.45, 7) is 1.85. The van der Waals surface area contributed by atoms with Gasteiger partial charge in [0.05, 0.1) is 18.5 Å². The molecule has 0 aliphatic carbocycles. The highest BCUT2D eigenvalue weighted by Gasteiger charge is 2.23. The lowest BCUT2D eigenvalue weighted by atomic mass is 10.0. The first-order valence-corrected chi connectivity index (χ1v) is 7.75. The van der Waals surface area contributed by atoms with E-state index in [0.717, 1.165) is 29.0 Å². The molecule has 2 aromatic heterocycles. The van der Waals surface area contributed by atoms with Crippen molar-refractivity contribution in [3.8, 4) is 0 Å². The van der Waals surface area contributed by atoms with Crippen LogP contribution < -0.4 is 11.3 Å². The average molecular weight is 293 g/mol. The Morgan fingerprint density at radius 1 is 1.45 bits per heavy atom. The number of nitrogen functional groups attached to an aromatic ring is 1. The maximum Gasteiger partial charge on any atom is 0.152 e. The molecule has 1 aliphatic rings. The first-order valence-electron chi connectivity index (χ1n) is 6.87. The first kappa shape index (κ1) is 13.7. The molecule has 1 fully saturated rings. The van der Waals surface area contributed by atoms with E-state index in [2.05, 4.69) is 20.3 Å². The van der Waals surface area contributed by atoms with E-state index in [1.807, 2.05) is 11.4 Å². The fourth-order valence-electron chi connectivity index (χ4n) is 2.74. The summed E-state index contributed by atoms with van der Waals surface area (Å²) in [5, 5.41) is 12.4. The van der Waals surface area contributed by atoms with Crippen molar-refractivity contribution in [3.63, 3.8) is 0 Å². The monoisotopic (exact) mass is 293 g/mol. The van der Waals surface area contributed by atoms with Crippen molar-refractivity contribution < 1.29 is 5.11 Å². The number of nitrogens with two attached hydrogens (primary N) is 1. The molecule has 0 saturated carbocycles. The first-order chi connectivity index (χ1) is 9.81. The largest absolute Gasteiger partial charge is 0.395 e. The second-order valence-corrected chi connectivity index (χ2v) is 5.97. The van der Waals surface area contributed by atoms with Crippen molar-refractivity contribution >= 4 is 27.4 Å². The molecule has 1 unspecified atom stereocenters. The molecule has 4 N–H and O–H groups in total. The summed E-state index contributed by atoms with van der Waals surface area (Å²) in [5.41, 5.74) is 2.65. The summed E-state index contributed by atoms with van der Waals surface area (Å²) >= 11 is 1.59. The standard InChI is InChI=1S/C13H19N5OS/c14-17-12-10-4-6-20-13(10)16-11(15-12)7-18-5-2-1-3-9(18)8-19/h4,6,9,19H,1-3,5,7-8,14H2,(H,15,16,17). The molecule has 6 nitrogen and oxygen atoms in total. The molecule has 1 saturated heterocycles. The second-order valence-electron chi connectivity index (χ2n) is 5.07. The van der Waals surface area contributed by atoms with E-state index < -0.39 is 0 Å². The van der Waals surface area contributed by atoms with E-state index >= 15 is 0 Å². The Bertz CT molecular complexity index is 587. The van der Waals surface area contributed by atoms with E-state index in [9.17, 15) is 5.11 Å². The molecule has 108 valence electrons. The van der Waals surface area contributed by atoms with E-state index in [0.29, 0.717) is 12.4 Å². The van der Waals surface area contributed by atoms with Crippen molar-refractivity contribution in [3.05, 3.63) is 17.3 Å². The third kappa shape index (κ3) is 2.62. The Morgan fingerprint density at radius 3 is 3.15 bits per heavy atom. The zero-order valence-electron chi connectivity index (χ0n) is 11.2. The van der Waals surface area contributed by atoms with Crippen LogP contribution in [0.25, 0.3) is 10.2 Å². The van der Waals surface area contributed by atoms with Crippen LogP contribution >= 0.6 is 11.3 Å². The van der Waals surface area contributed by atoms with Gasteiger partial charge in [0.2, 0.25) is 0 Å². The number of aliphatic hydroxyl groups is 1. The normalized spacial score (nSPS) is 20.4. The van der Waals surface area contributed by atoms with Crippen LogP contribution in [0.5, 0.6) is 0 Å². The molecule has 0 spiro atoms. The zero-order valence-corrected chi connectivity index (χ0v) is 12.1. The molecule has 2 aromatic rings. The van der Waals surface area contributed by atoms with Crippen LogP contribution in [0.1, 0.15) is 25.1 Å². The predicted octanol–water partition coefficient (Wildman–Crippen LogP) is 1.32. The van der Waals surface area contributed by atoms with E-state index in [-0.39, 0.29) is 12.6 Å². The van der Waals surface area contributed by atoms with Gasteiger partial charge in [0.15, 0.2) is 5.82 Å². The van der Waals surface area contributed by atoms with Crippen LogP contribution in [0.2, 0.25) is 0 Å². The average Bonchev–Trinajstić information content (AvgIpc) is 2.95. The fourth-order valence-corrected chi connectivity index (χ4v) is 3.52. The number of likely N-dealkylation sites (tertiary alicyclic amines) is 1. The maximum atomic E-state index is 9.47. The Morgan fingerprint density at radius 2 is 2.35 bits per heavy atom. The van der Waals surface area contributed by atoms with Gasteiger partial charge < -0.3 is 10.5 Å². The molecular weight excluding hydrogens is 274 g/mol. The minimum Gasteiger partial charge on any atom is -0.395 e. The number of nitrogens with one attached hydrogen (secondary N) is 1. The predicted molar refractivity (Wildman–Crippen MR) is 80.4 cm³/mol. The van der Waals surface area contributed by atoms with Crippen LogP contribution in [0.15, 0.2) is 11.4 Å². The van der Waals surface area contributed by atoms with Crippen LogP contribution in [0, 0.1) is 0 Å². The number of hydrogen-bond donors (Lipinski definition) is 3. The number of anilines is 1. The number of aliphatic hydroxyl groups excluding tert-OH is 1. The van der Waals surface area contributed by atoms with Gasteiger partial charge >= 0.3 is 0 Å². The molecule has 1 aliphatic heterocycles. The van der Waals surface area contributed by atoms with Crippen molar-refractivity contribution in [1.82, 2.24) is 14.9 Å². The van der Waals surface area contributed by atoms with Gasteiger partial charge in [-0.15, -0.1) is 11.3 Å². The maximum absolute atomic E-state index is 9.47. The van der Waals surface area contributed by atoms with Gasteiger partial charge in [-0.2, -0.15) is 0 Å². The highest BCUT2D eigenvalue weighted by atomic mass is 32.1. The molecular formula is C13H19N5OS. The minimum atomic E-state index is 0.198. The van der Waals surface area contributed by atoms with Crippen LogP contribution in [-0.4, -0.2) is 39.2 Å². The Hall–Kier alpha value is -1.28. The lowest BCUT2D eigenvalue weighted by Crippen LogP contribution is -2.41. The van der Waals surface area contributed by atoms with E-state index in [4.69, 9.17) is 5.84 Å². The molecule has 3 rings (SSSR count). The van der Waals surface area contributed by atoms with Gasteiger partial charge in [0.1, 0.15) is 10.7 Å². The summed E-state index contributed by atoms with van der Waals surface area (Å²) in [6.07, 6.45) is 3.39. The number of hydrogen-bond acceptors (Lipinski definition) is 7. The molecule has 3 heterocycles. The van der Waals surface area contributed by atoms with E-state index in [1.54, 1.807) is 11.3 Å². The highest BCUT2D eigenvalue weighted by molar-refractivity contribution is 7.16. The number of hydrazine groups is 1. The Balaban J connectivity index is 1.86. The molecule has 7 heteroatoms. The number of thiophene rings is 1. The van der Waals surface area contributed by atoms with Crippen molar-refractivity contribution in [2.75, 3.05) is 18.6 Å². The number of fused-ring (bicyclic) bond motifs is 1. The fraction of sp³-hybridized carbons (Fsp3) is 0.538. The van der Waals surface area contributed by atoms with Gasteiger partial charge in [-0.05, 0) is 30.8 Å². The molecule has 0 bridgehead atoms. The molecule has 0 aromatic carbocycles. The molecule has 20 heavy (non-hydrogen) atoms. The summed E-state index contributed by atoms with van der Waals surface area (Å²) in [4.78, 5) is 12.3. The van der Waals surface area contributed by atoms with Crippen LogP contribution in [0.3, 0.4) is 0 Å². The van der Waals surface area contributed by atoms with Gasteiger partial charge in [-0.25, -0.2) is 15.8 Å². The quantitative estimate of drug-likeness (QED) is 0.582. The Labute approximate surface area is 121 Å². The van der Waals surface area contributed by atoms with Gasteiger partial charge in [0, 0.05) is 6.04 Å². The third-order valence-corrected chi connectivity index (χ3v) is 4.62.